The summed E-state index contributed by atoms with van der Waals surface area (Å²) in [6.07, 6.45) is 0. The highest BCUT2D eigenvalue weighted by Gasteiger charge is 2.19. The fourth-order valence-electron chi connectivity index (χ4n) is 3.03. The molecule has 4 rings (SSSR count). The molecular formula is C22H14O4. The molecule has 4 nitrogen and oxygen atoms in total. The minimum Gasteiger partial charge on any atom is -0.478 e. The van der Waals surface area contributed by atoms with E-state index in [1.165, 1.54) is 6.07 Å². The van der Waals surface area contributed by atoms with E-state index in [-0.39, 0.29) is 11.3 Å². The molecule has 0 unspecified atom stereocenters. The highest BCUT2D eigenvalue weighted by molar-refractivity contribution is 6.07. The van der Waals surface area contributed by atoms with Crippen LogP contribution in [0.5, 0.6) is 5.75 Å². The maximum absolute atomic E-state index is 12.6. The van der Waals surface area contributed by atoms with Gasteiger partial charge in [0.15, 0.2) is 0 Å². The monoisotopic (exact) mass is 342 g/mol. The Kier molecular flexibility index (Phi) is 3.86. The van der Waals surface area contributed by atoms with Crippen LogP contribution in [-0.4, -0.2) is 17.0 Å². The number of hydrogen-bond donors (Lipinski definition) is 1. The van der Waals surface area contributed by atoms with Crippen molar-refractivity contribution in [2.24, 2.45) is 0 Å². The third-order valence-electron chi connectivity index (χ3n) is 4.29. The molecule has 126 valence electrons. The van der Waals surface area contributed by atoms with Gasteiger partial charge in [0, 0.05) is 0 Å². The number of benzene rings is 4. The van der Waals surface area contributed by atoms with Gasteiger partial charge in [-0.2, -0.15) is 0 Å². The van der Waals surface area contributed by atoms with Crippen molar-refractivity contribution in [2.45, 2.75) is 0 Å². The number of aromatic carboxylic acids is 1. The summed E-state index contributed by atoms with van der Waals surface area (Å²) in [6.45, 7) is 0. The minimum absolute atomic E-state index is 0.0164. The molecule has 0 saturated carbocycles. The Bertz CT molecular complexity index is 1160. The van der Waals surface area contributed by atoms with Gasteiger partial charge in [0.1, 0.15) is 11.3 Å². The van der Waals surface area contributed by atoms with Crippen molar-refractivity contribution in [3.05, 3.63) is 90.0 Å². The molecule has 4 heteroatoms. The second-order valence-electron chi connectivity index (χ2n) is 5.92. The molecule has 0 saturated heterocycles. The molecule has 0 radical (unpaired) electrons. The lowest BCUT2D eigenvalue weighted by molar-refractivity contribution is 0.0684. The van der Waals surface area contributed by atoms with E-state index in [9.17, 15) is 14.7 Å². The average Bonchev–Trinajstić information content (AvgIpc) is 2.67. The molecule has 0 aliphatic rings. The Morgan fingerprint density at radius 1 is 0.731 bits per heavy atom. The first-order valence-corrected chi connectivity index (χ1v) is 8.09. The number of fused-ring (bicyclic) bond motifs is 2. The van der Waals surface area contributed by atoms with Crippen LogP contribution in [0.25, 0.3) is 21.5 Å². The summed E-state index contributed by atoms with van der Waals surface area (Å²) in [7, 11) is 0. The number of rotatable bonds is 3. The first-order valence-electron chi connectivity index (χ1n) is 8.09. The van der Waals surface area contributed by atoms with Crippen LogP contribution >= 0.6 is 0 Å². The van der Waals surface area contributed by atoms with Crippen LogP contribution in [0.4, 0.5) is 0 Å². The Morgan fingerprint density at radius 2 is 1.38 bits per heavy atom. The summed E-state index contributed by atoms with van der Waals surface area (Å²) in [5.74, 6) is -1.69. The van der Waals surface area contributed by atoms with Crippen molar-refractivity contribution >= 4 is 33.5 Å². The quantitative estimate of drug-likeness (QED) is 0.424. The summed E-state index contributed by atoms with van der Waals surface area (Å²) in [6, 6.07) is 23.3. The molecule has 0 aromatic heterocycles. The van der Waals surface area contributed by atoms with Crippen molar-refractivity contribution in [3.63, 3.8) is 0 Å². The third-order valence-corrected chi connectivity index (χ3v) is 4.29. The zero-order valence-corrected chi connectivity index (χ0v) is 13.7. The molecule has 26 heavy (non-hydrogen) atoms. The minimum atomic E-state index is -1.14. The maximum atomic E-state index is 12.6. The topological polar surface area (TPSA) is 63.6 Å². The van der Waals surface area contributed by atoms with Crippen molar-refractivity contribution in [1.29, 1.82) is 0 Å². The number of carbonyl (C=O) groups is 2. The van der Waals surface area contributed by atoms with Gasteiger partial charge >= 0.3 is 11.9 Å². The number of hydrogen-bond acceptors (Lipinski definition) is 3. The maximum Gasteiger partial charge on any atom is 0.343 e. The van der Waals surface area contributed by atoms with Gasteiger partial charge in [-0.1, -0.05) is 60.7 Å². The van der Waals surface area contributed by atoms with E-state index in [4.69, 9.17) is 4.74 Å². The largest absolute Gasteiger partial charge is 0.478 e. The Labute approximate surface area is 149 Å². The first kappa shape index (κ1) is 15.8. The van der Waals surface area contributed by atoms with Crippen LogP contribution in [0.2, 0.25) is 0 Å². The lowest BCUT2D eigenvalue weighted by Crippen LogP contribution is -2.12. The number of carboxylic acids is 1. The second kappa shape index (κ2) is 6.33. The van der Waals surface area contributed by atoms with Gasteiger partial charge < -0.3 is 9.84 Å². The van der Waals surface area contributed by atoms with E-state index in [0.717, 1.165) is 16.2 Å². The second-order valence-corrected chi connectivity index (χ2v) is 5.92. The fourth-order valence-corrected chi connectivity index (χ4v) is 3.03. The number of carboxylic acid groups (broad SMARTS) is 1. The van der Waals surface area contributed by atoms with E-state index < -0.39 is 11.9 Å². The van der Waals surface area contributed by atoms with Gasteiger partial charge in [-0.3, -0.25) is 0 Å². The van der Waals surface area contributed by atoms with Gasteiger partial charge in [-0.15, -0.1) is 0 Å². The molecule has 0 atom stereocenters. The number of esters is 1. The van der Waals surface area contributed by atoms with Crippen LogP contribution in [0.15, 0.2) is 78.9 Å². The van der Waals surface area contributed by atoms with Crippen LogP contribution in [0.3, 0.4) is 0 Å². The fraction of sp³-hybridized carbons (Fsp3) is 0. The van der Waals surface area contributed by atoms with Crippen LogP contribution in [0.1, 0.15) is 20.7 Å². The molecule has 1 N–H and O–H groups in total. The Morgan fingerprint density at radius 3 is 2.15 bits per heavy atom. The van der Waals surface area contributed by atoms with Crippen LogP contribution < -0.4 is 4.74 Å². The average molecular weight is 342 g/mol. The standard InChI is InChI=1S/C22H14O4/c23-21(24)20-18-8-4-3-6-15(18)11-12-19(20)26-22(25)17-10-9-14-5-1-2-7-16(14)13-17/h1-13H,(H,23,24). The highest BCUT2D eigenvalue weighted by Crippen LogP contribution is 2.29. The molecule has 4 aromatic carbocycles. The predicted octanol–water partition coefficient (Wildman–Crippen LogP) is 4.91. The third kappa shape index (κ3) is 2.78. The van der Waals surface area contributed by atoms with Crippen molar-refractivity contribution in [1.82, 2.24) is 0 Å². The van der Waals surface area contributed by atoms with E-state index in [1.54, 1.807) is 30.3 Å². The summed E-state index contributed by atoms with van der Waals surface area (Å²) in [5.41, 5.74) is 0.352. The smallest absolute Gasteiger partial charge is 0.343 e. The van der Waals surface area contributed by atoms with Crippen molar-refractivity contribution in [3.8, 4) is 5.75 Å². The molecular weight excluding hydrogens is 328 g/mol. The van der Waals surface area contributed by atoms with E-state index >= 15 is 0 Å². The summed E-state index contributed by atoms with van der Waals surface area (Å²) < 4.78 is 5.43. The van der Waals surface area contributed by atoms with Crippen LogP contribution in [0, 0.1) is 0 Å². The number of carbonyl (C=O) groups excluding carboxylic acids is 1. The lowest BCUT2D eigenvalue weighted by Gasteiger charge is -2.10. The molecule has 0 fully saturated rings. The van der Waals surface area contributed by atoms with Gasteiger partial charge in [-0.25, -0.2) is 9.59 Å². The van der Waals surface area contributed by atoms with Gasteiger partial charge in [0.2, 0.25) is 0 Å². The van der Waals surface area contributed by atoms with E-state index in [1.807, 2.05) is 42.5 Å². The zero-order chi connectivity index (χ0) is 18.1. The van der Waals surface area contributed by atoms with Gasteiger partial charge in [0.05, 0.1) is 5.56 Å². The molecule has 0 aliphatic heterocycles. The Hall–Kier alpha value is -3.66. The summed E-state index contributed by atoms with van der Waals surface area (Å²) >= 11 is 0. The lowest BCUT2D eigenvalue weighted by atomic mass is 10.0. The zero-order valence-electron chi connectivity index (χ0n) is 13.7. The highest BCUT2D eigenvalue weighted by atomic mass is 16.5. The first-order chi connectivity index (χ1) is 12.6. The van der Waals surface area contributed by atoms with Crippen LogP contribution in [-0.2, 0) is 0 Å². The van der Waals surface area contributed by atoms with E-state index in [2.05, 4.69) is 0 Å². The molecule has 0 aliphatic carbocycles. The predicted molar refractivity (Wildman–Crippen MR) is 99.8 cm³/mol. The molecule has 0 spiro atoms. The Balaban J connectivity index is 1.75. The SMILES string of the molecule is O=C(Oc1ccc2ccccc2c1C(=O)O)c1ccc2ccccc2c1. The van der Waals surface area contributed by atoms with Gasteiger partial charge in [0.25, 0.3) is 0 Å². The molecule has 4 aromatic rings. The summed E-state index contributed by atoms with van der Waals surface area (Å²) in [5, 5.41) is 12.8. The summed E-state index contributed by atoms with van der Waals surface area (Å²) in [4.78, 5) is 24.3. The van der Waals surface area contributed by atoms with Crippen molar-refractivity contribution < 1.29 is 19.4 Å². The molecule has 0 heterocycles. The van der Waals surface area contributed by atoms with Crippen molar-refractivity contribution in [2.75, 3.05) is 0 Å². The molecule has 0 amide bonds. The normalized spacial score (nSPS) is 10.8. The molecule has 0 bridgehead atoms. The van der Waals surface area contributed by atoms with Gasteiger partial charge in [-0.05, 0) is 39.7 Å². The van der Waals surface area contributed by atoms with E-state index in [0.29, 0.717) is 10.9 Å². The number of ether oxygens (including phenoxy) is 1.